The maximum absolute atomic E-state index is 12.5. The number of carbonyl (C=O) groups is 1. The molecule has 2 rings (SSSR count). The first kappa shape index (κ1) is 14.8. The molecule has 1 aromatic heterocycles. The van der Waals surface area contributed by atoms with E-state index in [2.05, 4.69) is 37.9 Å². The van der Waals surface area contributed by atoms with Crippen LogP contribution in [-0.2, 0) is 0 Å². The Kier molecular flexibility index (Phi) is 4.48. The quantitative estimate of drug-likeness (QED) is 0.678. The Morgan fingerprint density at radius 3 is 2.16 bits per heavy atom. The number of aryl methyl sites for hydroxylation is 2. The molecule has 0 saturated carbocycles. The third-order valence-electron chi connectivity index (χ3n) is 2.79. The zero-order chi connectivity index (χ0) is 14.2. The van der Waals surface area contributed by atoms with Crippen LogP contribution in [0.4, 0.5) is 5.69 Å². The highest BCUT2D eigenvalue weighted by Gasteiger charge is 2.19. The van der Waals surface area contributed by atoms with Gasteiger partial charge in [0, 0.05) is 12.7 Å². The summed E-state index contributed by atoms with van der Waals surface area (Å²) in [5.74, 6) is -0.0150. The van der Waals surface area contributed by atoms with Gasteiger partial charge in [-0.2, -0.15) is 0 Å². The Hall–Kier alpha value is -0.650. The SMILES string of the molecule is Cc1cc(C)cc(N(C)C(=O)c2cc(Br)sc2Br)c1. The van der Waals surface area contributed by atoms with Crippen LogP contribution in [0.1, 0.15) is 21.5 Å². The molecule has 1 amide bonds. The number of carbonyl (C=O) groups excluding carboxylic acids is 1. The summed E-state index contributed by atoms with van der Waals surface area (Å²) in [5.41, 5.74) is 3.90. The first-order valence-corrected chi connectivity index (χ1v) is 8.10. The van der Waals surface area contributed by atoms with Crippen molar-refractivity contribution in [2.45, 2.75) is 13.8 Å². The second kappa shape index (κ2) is 5.77. The molecule has 2 nitrogen and oxygen atoms in total. The molecule has 0 fully saturated rings. The lowest BCUT2D eigenvalue weighted by atomic mass is 10.1. The van der Waals surface area contributed by atoms with Gasteiger partial charge in [-0.05, 0) is 75.0 Å². The van der Waals surface area contributed by atoms with Crippen LogP contribution in [0.15, 0.2) is 31.8 Å². The summed E-state index contributed by atoms with van der Waals surface area (Å²) in [4.78, 5) is 14.2. The normalized spacial score (nSPS) is 10.6. The van der Waals surface area contributed by atoms with Gasteiger partial charge in [0.2, 0.25) is 0 Å². The number of amides is 1. The van der Waals surface area contributed by atoms with Gasteiger partial charge in [0.25, 0.3) is 5.91 Å². The first-order valence-electron chi connectivity index (χ1n) is 5.69. The van der Waals surface area contributed by atoms with Crippen LogP contribution in [0.5, 0.6) is 0 Å². The van der Waals surface area contributed by atoms with Crippen molar-refractivity contribution < 1.29 is 4.79 Å². The molecule has 0 saturated heterocycles. The van der Waals surface area contributed by atoms with Crippen LogP contribution in [-0.4, -0.2) is 13.0 Å². The van der Waals surface area contributed by atoms with E-state index in [1.807, 2.05) is 32.0 Å². The van der Waals surface area contributed by atoms with Gasteiger partial charge in [-0.3, -0.25) is 4.79 Å². The molecular weight excluding hydrogens is 390 g/mol. The Balaban J connectivity index is 2.36. The van der Waals surface area contributed by atoms with Gasteiger partial charge in [-0.1, -0.05) is 6.07 Å². The first-order chi connectivity index (χ1) is 8.88. The molecule has 0 bridgehead atoms. The highest BCUT2D eigenvalue weighted by atomic mass is 79.9. The van der Waals surface area contributed by atoms with E-state index in [9.17, 15) is 4.79 Å². The average molecular weight is 403 g/mol. The summed E-state index contributed by atoms with van der Waals surface area (Å²) in [6.07, 6.45) is 0. The molecule has 19 heavy (non-hydrogen) atoms. The van der Waals surface area contributed by atoms with E-state index in [0.717, 1.165) is 24.4 Å². The van der Waals surface area contributed by atoms with E-state index in [-0.39, 0.29) is 5.91 Å². The predicted octanol–water partition coefficient (Wildman–Crippen LogP) is 5.17. The number of rotatable bonds is 2. The molecule has 0 radical (unpaired) electrons. The van der Waals surface area contributed by atoms with Gasteiger partial charge in [-0.15, -0.1) is 11.3 Å². The molecule has 0 atom stereocenters. The fourth-order valence-electron chi connectivity index (χ4n) is 1.93. The summed E-state index contributed by atoms with van der Waals surface area (Å²) >= 11 is 8.33. The Bertz CT molecular complexity index is 616. The zero-order valence-corrected chi connectivity index (χ0v) is 14.8. The lowest BCUT2D eigenvalue weighted by Gasteiger charge is -2.18. The van der Waals surface area contributed by atoms with Gasteiger partial charge in [0.05, 0.1) is 13.1 Å². The predicted molar refractivity (Wildman–Crippen MR) is 88.4 cm³/mol. The smallest absolute Gasteiger partial charge is 0.260 e. The van der Waals surface area contributed by atoms with Gasteiger partial charge >= 0.3 is 0 Å². The lowest BCUT2D eigenvalue weighted by molar-refractivity contribution is 0.0993. The number of benzene rings is 1. The maximum Gasteiger partial charge on any atom is 0.260 e. The third kappa shape index (κ3) is 3.27. The topological polar surface area (TPSA) is 20.3 Å². The lowest BCUT2D eigenvalue weighted by Crippen LogP contribution is -2.26. The Morgan fingerprint density at radius 1 is 1.11 bits per heavy atom. The van der Waals surface area contributed by atoms with E-state index >= 15 is 0 Å². The second-order valence-corrected chi connectivity index (χ2v) is 8.20. The number of halogens is 2. The molecule has 100 valence electrons. The van der Waals surface area contributed by atoms with Crippen LogP contribution in [0, 0.1) is 13.8 Å². The minimum Gasteiger partial charge on any atom is -0.311 e. The molecule has 2 aromatic rings. The van der Waals surface area contributed by atoms with Crippen LogP contribution in [0.2, 0.25) is 0 Å². The van der Waals surface area contributed by atoms with E-state index in [1.54, 1.807) is 11.9 Å². The minimum absolute atomic E-state index is 0.0150. The van der Waals surface area contributed by atoms with Crippen LogP contribution >= 0.6 is 43.2 Å². The highest BCUT2D eigenvalue weighted by Crippen LogP contribution is 2.33. The van der Waals surface area contributed by atoms with E-state index in [0.29, 0.717) is 5.56 Å². The number of hydrogen-bond donors (Lipinski definition) is 0. The fraction of sp³-hybridized carbons (Fsp3) is 0.214. The van der Waals surface area contributed by atoms with E-state index < -0.39 is 0 Å². The standard InChI is InChI=1S/C14H13Br2NOS/c1-8-4-9(2)6-10(5-8)17(3)14(18)11-7-12(15)19-13(11)16/h4-7H,1-3H3. The Labute approximate surface area is 133 Å². The average Bonchev–Trinajstić information content (AvgIpc) is 2.65. The highest BCUT2D eigenvalue weighted by molar-refractivity contribution is 9.12. The summed E-state index contributed by atoms with van der Waals surface area (Å²) in [6.45, 7) is 4.07. The van der Waals surface area contributed by atoms with Gasteiger partial charge in [-0.25, -0.2) is 0 Å². The summed E-state index contributed by atoms with van der Waals surface area (Å²) < 4.78 is 1.79. The van der Waals surface area contributed by atoms with Crippen LogP contribution < -0.4 is 4.90 Å². The van der Waals surface area contributed by atoms with Crippen molar-refractivity contribution in [3.05, 3.63) is 48.5 Å². The van der Waals surface area contributed by atoms with Crippen molar-refractivity contribution >= 4 is 54.8 Å². The maximum atomic E-state index is 12.5. The zero-order valence-electron chi connectivity index (χ0n) is 10.8. The van der Waals surface area contributed by atoms with Crippen molar-refractivity contribution in [1.29, 1.82) is 0 Å². The summed E-state index contributed by atoms with van der Waals surface area (Å²) in [6, 6.07) is 7.97. The van der Waals surface area contributed by atoms with E-state index in [4.69, 9.17) is 0 Å². The molecule has 0 aliphatic carbocycles. The van der Waals surface area contributed by atoms with Gasteiger partial charge in [0.1, 0.15) is 0 Å². The van der Waals surface area contributed by atoms with Crippen molar-refractivity contribution in [1.82, 2.24) is 0 Å². The van der Waals surface area contributed by atoms with Crippen molar-refractivity contribution in [2.75, 3.05) is 11.9 Å². The molecule has 0 aliphatic heterocycles. The van der Waals surface area contributed by atoms with Crippen LogP contribution in [0.25, 0.3) is 0 Å². The number of nitrogens with zero attached hydrogens (tertiary/aromatic N) is 1. The van der Waals surface area contributed by atoms with Crippen molar-refractivity contribution in [3.8, 4) is 0 Å². The fourth-order valence-corrected chi connectivity index (χ4v) is 4.71. The monoisotopic (exact) mass is 401 g/mol. The molecule has 0 unspecified atom stereocenters. The van der Waals surface area contributed by atoms with Crippen LogP contribution in [0.3, 0.4) is 0 Å². The third-order valence-corrected chi connectivity index (χ3v) is 5.12. The molecular formula is C14H13Br2NOS. The summed E-state index contributed by atoms with van der Waals surface area (Å²) in [5, 5.41) is 0. The number of hydrogen-bond acceptors (Lipinski definition) is 2. The molecule has 1 heterocycles. The molecule has 1 aromatic carbocycles. The summed E-state index contributed by atoms with van der Waals surface area (Å²) in [7, 11) is 1.80. The number of thiophene rings is 1. The Morgan fingerprint density at radius 2 is 1.68 bits per heavy atom. The van der Waals surface area contributed by atoms with Gasteiger partial charge < -0.3 is 4.90 Å². The largest absolute Gasteiger partial charge is 0.311 e. The molecule has 5 heteroatoms. The minimum atomic E-state index is -0.0150. The number of anilines is 1. The molecule has 0 aliphatic rings. The van der Waals surface area contributed by atoms with E-state index in [1.165, 1.54) is 11.3 Å². The van der Waals surface area contributed by atoms with Gasteiger partial charge in [0.15, 0.2) is 0 Å². The second-order valence-electron chi connectivity index (χ2n) is 4.45. The molecule has 0 N–H and O–H groups in total. The molecule has 0 spiro atoms. The van der Waals surface area contributed by atoms with Crippen molar-refractivity contribution in [2.24, 2.45) is 0 Å². The van der Waals surface area contributed by atoms with Crippen molar-refractivity contribution in [3.63, 3.8) is 0 Å².